The Kier molecular flexibility index (Phi) is 9.70. The Balaban J connectivity index is 1.44. The van der Waals surface area contributed by atoms with E-state index in [4.69, 9.17) is 0 Å². The molecule has 4 aromatic carbocycles. The number of hydrogen-bond acceptors (Lipinski definition) is 4. The van der Waals surface area contributed by atoms with Crippen LogP contribution in [0.1, 0.15) is 23.7 Å². The monoisotopic (exact) mass is 564 g/mol. The standard InChI is InChI=1S/C34H36N4O2S/c1-2-41-18-17-36-34(40)32(21-29-22-35-23-37-29)38-33(39)28(19-26-13-7-11-24-9-3-5-15-30(24)26)20-27-14-8-12-25-10-4-6-16-31(25)27/h3-16,22-23,28,32H,2,17-21H2,1H3,(H,35,37)(H,36,40)(H,38,39)/t32-/m0/s1. The van der Waals surface area contributed by atoms with Gasteiger partial charge >= 0.3 is 0 Å². The molecule has 0 aliphatic rings. The summed E-state index contributed by atoms with van der Waals surface area (Å²) in [5, 5.41) is 10.7. The van der Waals surface area contributed by atoms with Crippen LogP contribution < -0.4 is 10.6 Å². The van der Waals surface area contributed by atoms with Gasteiger partial charge in [-0.3, -0.25) is 9.59 Å². The molecular formula is C34H36N4O2S. The largest absolute Gasteiger partial charge is 0.353 e. The molecule has 210 valence electrons. The minimum absolute atomic E-state index is 0.135. The highest BCUT2D eigenvalue weighted by atomic mass is 32.2. The van der Waals surface area contributed by atoms with Crippen molar-refractivity contribution in [1.82, 2.24) is 20.6 Å². The molecule has 0 radical (unpaired) electrons. The summed E-state index contributed by atoms with van der Waals surface area (Å²) in [5.41, 5.74) is 2.97. The Bertz CT molecular complexity index is 1510. The number of aromatic amines is 1. The molecule has 0 aliphatic heterocycles. The third-order valence-corrected chi connectivity index (χ3v) is 8.32. The number of imidazole rings is 1. The van der Waals surface area contributed by atoms with Gasteiger partial charge in [-0.1, -0.05) is 91.9 Å². The number of nitrogens with zero attached hydrogens (tertiary/aromatic N) is 1. The molecule has 0 bridgehead atoms. The molecule has 2 amide bonds. The second-order valence-electron chi connectivity index (χ2n) is 10.2. The highest BCUT2D eigenvalue weighted by Gasteiger charge is 2.27. The number of benzene rings is 4. The van der Waals surface area contributed by atoms with E-state index in [1.165, 1.54) is 0 Å². The van der Waals surface area contributed by atoms with E-state index >= 15 is 0 Å². The molecule has 1 heterocycles. The van der Waals surface area contributed by atoms with Gasteiger partial charge < -0.3 is 15.6 Å². The smallest absolute Gasteiger partial charge is 0.243 e. The lowest BCUT2D eigenvalue weighted by atomic mass is 9.87. The summed E-state index contributed by atoms with van der Waals surface area (Å²) < 4.78 is 0. The highest BCUT2D eigenvalue weighted by Crippen LogP contribution is 2.26. The molecule has 0 spiro atoms. The van der Waals surface area contributed by atoms with Crippen molar-refractivity contribution in [2.45, 2.75) is 32.2 Å². The fraction of sp³-hybridized carbons (Fsp3) is 0.265. The van der Waals surface area contributed by atoms with E-state index in [9.17, 15) is 9.59 Å². The molecule has 5 rings (SSSR count). The summed E-state index contributed by atoms with van der Waals surface area (Å²) in [5.74, 6) is 1.12. The second-order valence-corrected chi connectivity index (χ2v) is 11.6. The van der Waals surface area contributed by atoms with Gasteiger partial charge in [-0.25, -0.2) is 4.98 Å². The first-order valence-electron chi connectivity index (χ1n) is 14.2. The number of amides is 2. The minimum Gasteiger partial charge on any atom is -0.353 e. The topological polar surface area (TPSA) is 86.9 Å². The third kappa shape index (κ3) is 7.35. The summed E-state index contributed by atoms with van der Waals surface area (Å²) in [4.78, 5) is 34.7. The number of hydrogen-bond donors (Lipinski definition) is 3. The summed E-state index contributed by atoms with van der Waals surface area (Å²) in [6.45, 7) is 2.65. The number of fused-ring (bicyclic) bond motifs is 2. The molecule has 1 aromatic heterocycles. The third-order valence-electron chi connectivity index (χ3n) is 7.41. The van der Waals surface area contributed by atoms with Crippen molar-refractivity contribution in [2.24, 2.45) is 5.92 Å². The maximum absolute atomic E-state index is 14.1. The Morgan fingerprint density at radius 3 is 2.00 bits per heavy atom. The summed E-state index contributed by atoms with van der Waals surface area (Å²) in [7, 11) is 0. The van der Waals surface area contributed by atoms with Crippen LogP contribution in [0.2, 0.25) is 0 Å². The van der Waals surface area contributed by atoms with Crippen LogP contribution in [0.25, 0.3) is 21.5 Å². The zero-order valence-corrected chi connectivity index (χ0v) is 24.1. The first-order valence-corrected chi connectivity index (χ1v) is 15.3. The van der Waals surface area contributed by atoms with Crippen LogP contribution in [0.15, 0.2) is 97.5 Å². The second kappa shape index (κ2) is 14.0. The molecule has 0 saturated carbocycles. The van der Waals surface area contributed by atoms with Crippen LogP contribution in [0.3, 0.4) is 0 Å². The van der Waals surface area contributed by atoms with Crippen molar-refractivity contribution in [2.75, 3.05) is 18.1 Å². The zero-order chi connectivity index (χ0) is 28.4. The van der Waals surface area contributed by atoms with Crippen molar-refractivity contribution in [3.63, 3.8) is 0 Å². The first-order chi connectivity index (χ1) is 20.1. The predicted molar refractivity (Wildman–Crippen MR) is 169 cm³/mol. The van der Waals surface area contributed by atoms with Crippen LogP contribution in [0, 0.1) is 5.92 Å². The number of carbonyl (C=O) groups excluding carboxylic acids is 2. The van der Waals surface area contributed by atoms with Crippen molar-refractivity contribution >= 4 is 45.1 Å². The number of carbonyl (C=O) groups is 2. The number of nitrogens with one attached hydrogen (secondary N) is 3. The molecule has 3 N–H and O–H groups in total. The van der Waals surface area contributed by atoms with E-state index < -0.39 is 6.04 Å². The maximum Gasteiger partial charge on any atom is 0.243 e. The minimum atomic E-state index is -0.722. The van der Waals surface area contributed by atoms with Gasteiger partial charge in [0.2, 0.25) is 11.8 Å². The van der Waals surface area contributed by atoms with Crippen molar-refractivity contribution in [3.05, 3.63) is 114 Å². The van der Waals surface area contributed by atoms with Gasteiger partial charge in [-0.15, -0.1) is 0 Å². The van der Waals surface area contributed by atoms with E-state index in [1.807, 2.05) is 36.4 Å². The Labute approximate surface area is 245 Å². The first kappa shape index (κ1) is 28.4. The molecule has 7 heteroatoms. The molecule has 0 aliphatic carbocycles. The normalized spacial score (nSPS) is 12.0. The van der Waals surface area contributed by atoms with Crippen molar-refractivity contribution < 1.29 is 9.59 Å². The van der Waals surface area contributed by atoms with Crippen LogP contribution in [-0.4, -0.2) is 45.9 Å². The molecule has 6 nitrogen and oxygen atoms in total. The quantitative estimate of drug-likeness (QED) is 0.160. The van der Waals surface area contributed by atoms with Crippen molar-refractivity contribution in [1.29, 1.82) is 0 Å². The summed E-state index contributed by atoms with van der Waals surface area (Å²) >= 11 is 1.77. The number of thioether (sulfide) groups is 1. The summed E-state index contributed by atoms with van der Waals surface area (Å²) in [6.07, 6.45) is 4.79. The lowest BCUT2D eigenvalue weighted by Gasteiger charge is -2.23. The van der Waals surface area contributed by atoms with E-state index in [0.717, 1.165) is 49.9 Å². The fourth-order valence-corrected chi connectivity index (χ4v) is 5.89. The number of aromatic nitrogens is 2. The van der Waals surface area contributed by atoms with Gasteiger partial charge in [0, 0.05) is 30.8 Å². The van der Waals surface area contributed by atoms with Crippen molar-refractivity contribution in [3.8, 4) is 0 Å². The average Bonchev–Trinajstić information content (AvgIpc) is 3.52. The Morgan fingerprint density at radius 2 is 1.41 bits per heavy atom. The van der Waals surface area contributed by atoms with E-state index in [-0.39, 0.29) is 17.7 Å². The lowest BCUT2D eigenvalue weighted by molar-refractivity contribution is -0.131. The highest BCUT2D eigenvalue weighted by molar-refractivity contribution is 7.99. The SMILES string of the molecule is CCSCCNC(=O)[C@H](Cc1c[nH]cn1)NC(=O)C(Cc1cccc2ccccc12)Cc1cccc2ccccc12. The lowest BCUT2D eigenvalue weighted by Crippen LogP contribution is -2.50. The molecule has 1 atom stereocenters. The average molecular weight is 565 g/mol. The zero-order valence-electron chi connectivity index (χ0n) is 23.3. The van der Waals surface area contributed by atoms with Crippen LogP contribution in [0.4, 0.5) is 0 Å². The van der Waals surface area contributed by atoms with Gasteiger partial charge in [0.1, 0.15) is 6.04 Å². The molecule has 0 fully saturated rings. The van der Waals surface area contributed by atoms with Crippen LogP contribution in [-0.2, 0) is 28.9 Å². The maximum atomic E-state index is 14.1. The van der Waals surface area contributed by atoms with Gasteiger partial charge in [0.15, 0.2) is 0 Å². The molecule has 41 heavy (non-hydrogen) atoms. The molecular weight excluding hydrogens is 528 g/mol. The van der Waals surface area contributed by atoms with E-state index in [1.54, 1.807) is 24.3 Å². The van der Waals surface area contributed by atoms with E-state index in [0.29, 0.717) is 25.8 Å². The van der Waals surface area contributed by atoms with Gasteiger partial charge in [0.05, 0.1) is 12.0 Å². The number of H-pyrrole nitrogens is 1. The van der Waals surface area contributed by atoms with Gasteiger partial charge in [-0.05, 0) is 51.3 Å². The Morgan fingerprint density at radius 1 is 0.805 bits per heavy atom. The Hall–Kier alpha value is -4.10. The molecule has 0 unspecified atom stereocenters. The number of rotatable bonds is 13. The van der Waals surface area contributed by atoms with Crippen LogP contribution in [0.5, 0.6) is 0 Å². The fourth-order valence-electron chi connectivity index (χ4n) is 5.35. The van der Waals surface area contributed by atoms with Gasteiger partial charge in [-0.2, -0.15) is 11.8 Å². The van der Waals surface area contributed by atoms with Gasteiger partial charge in [0.25, 0.3) is 0 Å². The molecule has 5 aromatic rings. The summed E-state index contributed by atoms with van der Waals surface area (Å²) in [6, 6.07) is 28.3. The van der Waals surface area contributed by atoms with Crippen LogP contribution >= 0.6 is 11.8 Å². The predicted octanol–water partition coefficient (Wildman–Crippen LogP) is 5.71. The van der Waals surface area contributed by atoms with E-state index in [2.05, 4.69) is 76.1 Å². The molecule has 0 saturated heterocycles.